The number of benzene rings is 1. The number of carboxylic acids is 2. The first-order valence-corrected chi connectivity index (χ1v) is 5.13. The van der Waals surface area contributed by atoms with E-state index in [1.54, 1.807) is 24.3 Å². The highest BCUT2D eigenvalue weighted by molar-refractivity contribution is 5.94. The lowest BCUT2D eigenvalue weighted by Crippen LogP contribution is -2.11. The Balaban J connectivity index is 2.51. The average Bonchev–Trinajstić information content (AvgIpc) is 2.65. The molecule has 2 aromatic rings. The van der Waals surface area contributed by atoms with Crippen molar-refractivity contribution in [2.75, 3.05) is 0 Å². The molecule has 0 bridgehead atoms. The van der Waals surface area contributed by atoms with Gasteiger partial charge in [-0.05, 0) is 12.1 Å². The molecule has 0 aliphatic carbocycles. The summed E-state index contributed by atoms with van der Waals surface area (Å²) in [6.45, 7) is 0.157. The molecule has 0 aliphatic rings. The maximum atomic E-state index is 11.1. The van der Waals surface area contributed by atoms with Crippen LogP contribution in [0, 0.1) is 0 Å². The standard InChI is InChI=1S/C12H11NO4/c14-11(15)5-6-13-9-4-2-1-3-8(9)7-10(13)12(16)17/h1-4,7H,5-6H2,(H,14,15)(H,16,17). The van der Waals surface area contributed by atoms with Crippen molar-refractivity contribution in [3.05, 3.63) is 36.0 Å². The second kappa shape index (κ2) is 4.29. The molecule has 1 heterocycles. The van der Waals surface area contributed by atoms with Crippen LogP contribution in [0.25, 0.3) is 10.9 Å². The number of aryl methyl sites for hydroxylation is 1. The number of carbonyl (C=O) groups is 2. The van der Waals surface area contributed by atoms with E-state index in [2.05, 4.69) is 0 Å². The number of nitrogens with zero attached hydrogens (tertiary/aromatic N) is 1. The van der Waals surface area contributed by atoms with Gasteiger partial charge in [0.15, 0.2) is 0 Å². The van der Waals surface area contributed by atoms with Gasteiger partial charge in [-0.3, -0.25) is 4.79 Å². The number of aliphatic carboxylic acids is 1. The fourth-order valence-corrected chi connectivity index (χ4v) is 1.84. The van der Waals surface area contributed by atoms with E-state index in [9.17, 15) is 9.59 Å². The van der Waals surface area contributed by atoms with Crippen LogP contribution >= 0.6 is 0 Å². The summed E-state index contributed by atoms with van der Waals surface area (Å²) in [7, 11) is 0. The molecule has 0 atom stereocenters. The molecule has 88 valence electrons. The first kappa shape index (κ1) is 11.2. The van der Waals surface area contributed by atoms with E-state index in [-0.39, 0.29) is 18.7 Å². The summed E-state index contributed by atoms with van der Waals surface area (Å²) in [6, 6.07) is 8.75. The lowest BCUT2D eigenvalue weighted by molar-refractivity contribution is -0.137. The molecule has 0 saturated heterocycles. The van der Waals surface area contributed by atoms with Gasteiger partial charge in [0.05, 0.1) is 6.42 Å². The van der Waals surface area contributed by atoms with Crippen LogP contribution in [0.4, 0.5) is 0 Å². The molecule has 0 spiro atoms. The Kier molecular flexibility index (Phi) is 2.82. The molecular weight excluding hydrogens is 222 g/mol. The highest BCUT2D eigenvalue weighted by atomic mass is 16.4. The molecule has 17 heavy (non-hydrogen) atoms. The van der Waals surface area contributed by atoms with Gasteiger partial charge in [-0.2, -0.15) is 0 Å². The Labute approximate surface area is 96.9 Å². The molecule has 0 fully saturated rings. The van der Waals surface area contributed by atoms with Crippen LogP contribution in [-0.4, -0.2) is 26.7 Å². The summed E-state index contributed by atoms with van der Waals surface area (Å²) in [4.78, 5) is 21.6. The topological polar surface area (TPSA) is 79.5 Å². The molecular formula is C12H11NO4. The number of para-hydroxylation sites is 1. The molecule has 0 saturated carbocycles. The number of aromatic carboxylic acids is 1. The molecule has 0 unspecified atom stereocenters. The normalized spacial score (nSPS) is 10.6. The van der Waals surface area contributed by atoms with Crippen LogP contribution < -0.4 is 0 Å². The Hall–Kier alpha value is -2.30. The van der Waals surface area contributed by atoms with Gasteiger partial charge in [-0.1, -0.05) is 18.2 Å². The molecule has 0 radical (unpaired) electrons. The predicted molar refractivity (Wildman–Crippen MR) is 61.2 cm³/mol. The Morgan fingerprint density at radius 1 is 1.18 bits per heavy atom. The lowest BCUT2D eigenvalue weighted by atomic mass is 10.2. The second-order valence-corrected chi connectivity index (χ2v) is 3.69. The van der Waals surface area contributed by atoms with Gasteiger partial charge in [0.25, 0.3) is 0 Å². The third kappa shape index (κ3) is 2.13. The predicted octanol–water partition coefficient (Wildman–Crippen LogP) is 1.81. The zero-order chi connectivity index (χ0) is 12.4. The first-order chi connectivity index (χ1) is 8.09. The quantitative estimate of drug-likeness (QED) is 0.844. The molecule has 0 amide bonds. The van der Waals surface area contributed by atoms with Crippen molar-refractivity contribution in [2.24, 2.45) is 0 Å². The summed E-state index contributed by atoms with van der Waals surface area (Å²) in [6.07, 6.45) is -0.0983. The van der Waals surface area contributed by atoms with Crippen molar-refractivity contribution in [1.82, 2.24) is 4.57 Å². The van der Waals surface area contributed by atoms with Crippen LogP contribution in [-0.2, 0) is 11.3 Å². The van der Waals surface area contributed by atoms with E-state index in [0.717, 1.165) is 10.9 Å². The maximum absolute atomic E-state index is 11.1. The highest BCUT2D eigenvalue weighted by Crippen LogP contribution is 2.20. The zero-order valence-electron chi connectivity index (χ0n) is 8.96. The van der Waals surface area contributed by atoms with Gasteiger partial charge >= 0.3 is 11.9 Å². The van der Waals surface area contributed by atoms with Crippen molar-refractivity contribution in [3.63, 3.8) is 0 Å². The van der Waals surface area contributed by atoms with Crippen molar-refractivity contribution < 1.29 is 19.8 Å². The third-order valence-electron chi connectivity index (χ3n) is 2.58. The van der Waals surface area contributed by atoms with Crippen molar-refractivity contribution in [3.8, 4) is 0 Å². The summed E-state index contributed by atoms with van der Waals surface area (Å²) in [5.74, 6) is -1.99. The molecule has 1 aromatic carbocycles. The van der Waals surface area contributed by atoms with E-state index in [1.165, 1.54) is 4.57 Å². The monoisotopic (exact) mass is 233 g/mol. The molecule has 0 aliphatic heterocycles. The fourth-order valence-electron chi connectivity index (χ4n) is 1.84. The Morgan fingerprint density at radius 2 is 1.88 bits per heavy atom. The van der Waals surface area contributed by atoms with E-state index in [0.29, 0.717) is 0 Å². The average molecular weight is 233 g/mol. The van der Waals surface area contributed by atoms with Crippen LogP contribution in [0.5, 0.6) is 0 Å². The van der Waals surface area contributed by atoms with Crippen LogP contribution in [0.1, 0.15) is 16.9 Å². The van der Waals surface area contributed by atoms with Crippen molar-refractivity contribution in [2.45, 2.75) is 13.0 Å². The lowest BCUT2D eigenvalue weighted by Gasteiger charge is -2.05. The van der Waals surface area contributed by atoms with E-state index >= 15 is 0 Å². The summed E-state index contributed by atoms with van der Waals surface area (Å²) in [5.41, 5.74) is 0.860. The fraction of sp³-hybridized carbons (Fsp3) is 0.167. The van der Waals surface area contributed by atoms with E-state index in [4.69, 9.17) is 10.2 Å². The minimum Gasteiger partial charge on any atom is -0.481 e. The van der Waals surface area contributed by atoms with Crippen LogP contribution in [0.15, 0.2) is 30.3 Å². The zero-order valence-corrected chi connectivity index (χ0v) is 8.96. The molecule has 2 N–H and O–H groups in total. The molecule has 5 nitrogen and oxygen atoms in total. The second-order valence-electron chi connectivity index (χ2n) is 3.69. The largest absolute Gasteiger partial charge is 0.481 e. The smallest absolute Gasteiger partial charge is 0.352 e. The van der Waals surface area contributed by atoms with E-state index < -0.39 is 11.9 Å². The molecule has 5 heteroatoms. The van der Waals surface area contributed by atoms with Gasteiger partial charge < -0.3 is 14.8 Å². The van der Waals surface area contributed by atoms with E-state index in [1.807, 2.05) is 6.07 Å². The van der Waals surface area contributed by atoms with Gasteiger partial charge in [-0.25, -0.2) is 4.79 Å². The summed E-state index contributed by atoms with van der Waals surface area (Å²) in [5, 5.41) is 18.5. The number of rotatable bonds is 4. The number of fused-ring (bicyclic) bond motifs is 1. The molecule has 2 rings (SSSR count). The number of aromatic nitrogens is 1. The number of hydrogen-bond acceptors (Lipinski definition) is 2. The van der Waals surface area contributed by atoms with Gasteiger partial charge in [0.2, 0.25) is 0 Å². The minimum absolute atomic E-state index is 0.0983. The van der Waals surface area contributed by atoms with Crippen LogP contribution in [0.2, 0.25) is 0 Å². The van der Waals surface area contributed by atoms with Gasteiger partial charge in [0, 0.05) is 17.4 Å². The third-order valence-corrected chi connectivity index (χ3v) is 2.58. The maximum Gasteiger partial charge on any atom is 0.352 e. The Morgan fingerprint density at radius 3 is 2.53 bits per heavy atom. The summed E-state index contributed by atoms with van der Waals surface area (Å²) < 4.78 is 1.52. The van der Waals surface area contributed by atoms with Gasteiger partial charge in [0.1, 0.15) is 5.69 Å². The SMILES string of the molecule is O=C(O)CCn1c(C(=O)O)cc2ccccc21. The summed E-state index contributed by atoms with van der Waals surface area (Å²) >= 11 is 0. The van der Waals surface area contributed by atoms with Crippen molar-refractivity contribution in [1.29, 1.82) is 0 Å². The number of carboxylic acid groups (broad SMARTS) is 2. The van der Waals surface area contributed by atoms with Crippen molar-refractivity contribution >= 4 is 22.8 Å². The number of hydrogen-bond donors (Lipinski definition) is 2. The highest BCUT2D eigenvalue weighted by Gasteiger charge is 2.14. The minimum atomic E-state index is -1.05. The molecule has 1 aromatic heterocycles. The van der Waals surface area contributed by atoms with Crippen LogP contribution in [0.3, 0.4) is 0 Å². The first-order valence-electron chi connectivity index (χ1n) is 5.13. The van der Waals surface area contributed by atoms with Gasteiger partial charge in [-0.15, -0.1) is 0 Å². The Bertz CT molecular complexity index is 585.